The molecule has 1 aliphatic rings. The minimum absolute atomic E-state index is 0.0358. The standard InChI is InChI=1S/C12H22N2O4/c1-12(2,3)18-11(17)14-6-8(9(13)7-14)4-5-10(15)16/h8-9H,4-7,13H2,1-3H3,(H,15,16). The zero-order valence-electron chi connectivity index (χ0n) is 11.2. The quantitative estimate of drug-likeness (QED) is 0.789. The van der Waals surface area contributed by atoms with E-state index in [4.69, 9.17) is 15.6 Å². The van der Waals surface area contributed by atoms with Gasteiger partial charge in [0.05, 0.1) is 0 Å². The number of hydrogen-bond acceptors (Lipinski definition) is 4. The molecule has 0 radical (unpaired) electrons. The van der Waals surface area contributed by atoms with E-state index in [1.807, 2.05) is 20.8 Å². The summed E-state index contributed by atoms with van der Waals surface area (Å²) in [7, 11) is 0. The third-order valence-electron chi connectivity index (χ3n) is 2.87. The number of nitrogens with zero attached hydrogens (tertiary/aromatic N) is 1. The van der Waals surface area contributed by atoms with Crippen molar-refractivity contribution in [1.29, 1.82) is 0 Å². The van der Waals surface area contributed by atoms with Crippen LogP contribution in [0.15, 0.2) is 0 Å². The molecule has 1 aliphatic heterocycles. The Bertz CT molecular complexity index is 325. The molecule has 0 aliphatic carbocycles. The summed E-state index contributed by atoms with van der Waals surface area (Å²) in [5.41, 5.74) is 5.39. The van der Waals surface area contributed by atoms with Gasteiger partial charge in [-0.3, -0.25) is 4.79 Å². The summed E-state index contributed by atoms with van der Waals surface area (Å²) < 4.78 is 5.26. The topological polar surface area (TPSA) is 92.9 Å². The second-order valence-electron chi connectivity index (χ2n) is 5.74. The van der Waals surface area contributed by atoms with Crippen molar-refractivity contribution < 1.29 is 19.4 Å². The average Bonchev–Trinajstić information content (AvgIpc) is 2.54. The molecule has 18 heavy (non-hydrogen) atoms. The van der Waals surface area contributed by atoms with Gasteiger partial charge in [-0.1, -0.05) is 0 Å². The highest BCUT2D eigenvalue weighted by Gasteiger charge is 2.35. The van der Waals surface area contributed by atoms with Crippen molar-refractivity contribution in [3.05, 3.63) is 0 Å². The second-order valence-corrected chi connectivity index (χ2v) is 5.74. The molecule has 1 amide bonds. The number of carboxylic acid groups (broad SMARTS) is 1. The number of carbonyl (C=O) groups excluding carboxylic acids is 1. The zero-order valence-corrected chi connectivity index (χ0v) is 11.2. The van der Waals surface area contributed by atoms with E-state index in [1.165, 1.54) is 0 Å². The van der Waals surface area contributed by atoms with Crippen LogP contribution in [0.1, 0.15) is 33.6 Å². The van der Waals surface area contributed by atoms with Gasteiger partial charge in [-0.2, -0.15) is 0 Å². The molecule has 1 saturated heterocycles. The van der Waals surface area contributed by atoms with Crippen LogP contribution in [0.4, 0.5) is 4.79 Å². The van der Waals surface area contributed by atoms with E-state index in [-0.39, 0.29) is 24.5 Å². The molecular formula is C12H22N2O4. The molecule has 6 nitrogen and oxygen atoms in total. The summed E-state index contributed by atoms with van der Waals surface area (Å²) in [5.74, 6) is -0.800. The SMILES string of the molecule is CC(C)(C)OC(=O)N1CC(N)C(CCC(=O)O)C1. The Kier molecular flexibility index (Phi) is 4.56. The predicted molar refractivity (Wildman–Crippen MR) is 66.1 cm³/mol. The molecule has 0 aromatic carbocycles. The number of amides is 1. The summed E-state index contributed by atoms with van der Waals surface area (Å²) in [6, 6.07) is -0.170. The summed E-state index contributed by atoms with van der Waals surface area (Å²) >= 11 is 0. The molecule has 2 atom stereocenters. The lowest BCUT2D eigenvalue weighted by molar-refractivity contribution is -0.137. The molecule has 2 unspecified atom stereocenters. The van der Waals surface area contributed by atoms with Crippen molar-refractivity contribution >= 4 is 12.1 Å². The minimum Gasteiger partial charge on any atom is -0.481 e. The van der Waals surface area contributed by atoms with Gasteiger partial charge in [0.1, 0.15) is 5.60 Å². The fraction of sp³-hybridized carbons (Fsp3) is 0.833. The number of nitrogens with two attached hydrogens (primary N) is 1. The van der Waals surface area contributed by atoms with E-state index in [0.29, 0.717) is 19.5 Å². The van der Waals surface area contributed by atoms with Crippen molar-refractivity contribution in [2.75, 3.05) is 13.1 Å². The molecule has 0 aromatic heterocycles. The van der Waals surface area contributed by atoms with Crippen LogP contribution in [0.5, 0.6) is 0 Å². The summed E-state index contributed by atoms with van der Waals surface area (Å²) in [5, 5.41) is 8.64. The first-order valence-electron chi connectivity index (χ1n) is 6.14. The predicted octanol–water partition coefficient (Wildman–Crippen LogP) is 1.05. The van der Waals surface area contributed by atoms with E-state index >= 15 is 0 Å². The van der Waals surface area contributed by atoms with E-state index < -0.39 is 11.6 Å². The smallest absolute Gasteiger partial charge is 0.410 e. The Morgan fingerprint density at radius 1 is 1.39 bits per heavy atom. The number of ether oxygens (including phenoxy) is 1. The van der Waals surface area contributed by atoms with Crippen LogP contribution in [-0.4, -0.2) is 46.8 Å². The minimum atomic E-state index is -0.835. The van der Waals surface area contributed by atoms with E-state index in [0.717, 1.165) is 0 Å². The maximum atomic E-state index is 11.8. The Morgan fingerprint density at radius 2 is 2.00 bits per heavy atom. The lowest BCUT2D eigenvalue weighted by Gasteiger charge is -2.24. The first-order chi connectivity index (χ1) is 8.19. The number of aliphatic carboxylic acids is 1. The van der Waals surface area contributed by atoms with Crippen LogP contribution in [0, 0.1) is 5.92 Å². The maximum Gasteiger partial charge on any atom is 0.410 e. The molecular weight excluding hydrogens is 236 g/mol. The monoisotopic (exact) mass is 258 g/mol. The molecule has 0 aromatic rings. The Balaban J connectivity index is 2.47. The first kappa shape index (κ1) is 14.8. The number of rotatable bonds is 3. The Morgan fingerprint density at radius 3 is 2.50 bits per heavy atom. The normalized spacial score (nSPS) is 24.1. The fourth-order valence-electron chi connectivity index (χ4n) is 1.99. The lowest BCUT2D eigenvalue weighted by atomic mass is 9.99. The Hall–Kier alpha value is -1.30. The molecule has 6 heteroatoms. The molecule has 0 spiro atoms. The van der Waals surface area contributed by atoms with Crippen molar-refractivity contribution in [3.63, 3.8) is 0 Å². The molecule has 104 valence electrons. The summed E-state index contributed by atoms with van der Waals surface area (Å²) in [4.78, 5) is 23.9. The molecule has 3 N–H and O–H groups in total. The van der Waals surface area contributed by atoms with Crippen LogP contribution in [-0.2, 0) is 9.53 Å². The van der Waals surface area contributed by atoms with Crippen molar-refractivity contribution in [3.8, 4) is 0 Å². The largest absolute Gasteiger partial charge is 0.481 e. The van der Waals surface area contributed by atoms with Gasteiger partial charge in [0.25, 0.3) is 0 Å². The van der Waals surface area contributed by atoms with Gasteiger partial charge in [-0.15, -0.1) is 0 Å². The van der Waals surface area contributed by atoms with Gasteiger partial charge in [-0.25, -0.2) is 4.79 Å². The molecule has 0 saturated carbocycles. The summed E-state index contributed by atoms with van der Waals surface area (Å²) in [6.45, 7) is 6.33. The van der Waals surface area contributed by atoms with Gasteiger partial charge in [-0.05, 0) is 33.1 Å². The van der Waals surface area contributed by atoms with Gasteiger partial charge >= 0.3 is 12.1 Å². The molecule has 1 fully saturated rings. The summed E-state index contributed by atoms with van der Waals surface area (Å²) in [6.07, 6.45) is 0.201. The lowest BCUT2D eigenvalue weighted by Crippen LogP contribution is -2.36. The van der Waals surface area contributed by atoms with Crippen LogP contribution in [0.25, 0.3) is 0 Å². The van der Waals surface area contributed by atoms with Crippen LogP contribution in [0.3, 0.4) is 0 Å². The van der Waals surface area contributed by atoms with E-state index in [1.54, 1.807) is 4.90 Å². The number of hydrogen-bond donors (Lipinski definition) is 2. The van der Waals surface area contributed by atoms with Crippen molar-refractivity contribution in [2.45, 2.75) is 45.3 Å². The third kappa shape index (κ3) is 4.52. The highest BCUT2D eigenvalue weighted by Crippen LogP contribution is 2.22. The zero-order chi connectivity index (χ0) is 13.9. The van der Waals surface area contributed by atoms with Gasteiger partial charge < -0.3 is 20.5 Å². The fourth-order valence-corrected chi connectivity index (χ4v) is 1.99. The molecule has 1 rings (SSSR count). The molecule has 0 bridgehead atoms. The van der Waals surface area contributed by atoms with Gasteiger partial charge in [0.15, 0.2) is 0 Å². The van der Waals surface area contributed by atoms with Crippen molar-refractivity contribution in [1.82, 2.24) is 4.90 Å². The number of carboxylic acids is 1. The van der Waals surface area contributed by atoms with E-state index in [2.05, 4.69) is 0 Å². The second kappa shape index (κ2) is 5.56. The highest BCUT2D eigenvalue weighted by molar-refractivity contribution is 5.69. The van der Waals surface area contributed by atoms with E-state index in [9.17, 15) is 9.59 Å². The number of likely N-dealkylation sites (tertiary alicyclic amines) is 1. The van der Waals surface area contributed by atoms with Crippen LogP contribution in [0.2, 0.25) is 0 Å². The van der Waals surface area contributed by atoms with Crippen LogP contribution < -0.4 is 5.73 Å². The Labute approximate surface area is 107 Å². The average molecular weight is 258 g/mol. The van der Waals surface area contributed by atoms with Crippen LogP contribution >= 0.6 is 0 Å². The molecule has 1 heterocycles. The highest BCUT2D eigenvalue weighted by atomic mass is 16.6. The van der Waals surface area contributed by atoms with Gasteiger partial charge in [0, 0.05) is 25.6 Å². The van der Waals surface area contributed by atoms with Crippen molar-refractivity contribution in [2.24, 2.45) is 11.7 Å². The first-order valence-corrected chi connectivity index (χ1v) is 6.14. The van der Waals surface area contributed by atoms with Gasteiger partial charge in [0.2, 0.25) is 0 Å². The maximum absolute atomic E-state index is 11.8. The number of carbonyl (C=O) groups is 2. The third-order valence-corrected chi connectivity index (χ3v) is 2.87.